The Balaban J connectivity index is 1.19. The van der Waals surface area contributed by atoms with Gasteiger partial charge in [-0.1, -0.05) is 12.1 Å². The number of hydrogen-bond donors (Lipinski definition) is 1. The van der Waals surface area contributed by atoms with Gasteiger partial charge in [0.2, 0.25) is 5.91 Å². The molecule has 1 fully saturated rings. The van der Waals surface area contributed by atoms with E-state index < -0.39 is 0 Å². The van der Waals surface area contributed by atoms with Crippen LogP contribution in [0.3, 0.4) is 0 Å². The average Bonchev–Trinajstić information content (AvgIpc) is 3.50. The highest BCUT2D eigenvalue weighted by Gasteiger charge is 2.28. The van der Waals surface area contributed by atoms with Crippen LogP contribution < -0.4 is 10.3 Å². The van der Waals surface area contributed by atoms with Crippen LogP contribution in [0.1, 0.15) is 41.1 Å². The molecule has 1 atom stereocenters. The highest BCUT2D eigenvalue weighted by Crippen LogP contribution is 2.34. The molecule has 8 heteroatoms. The van der Waals surface area contributed by atoms with Gasteiger partial charge in [0.05, 0.1) is 24.0 Å². The molecule has 3 aromatic rings. The Labute approximate surface area is 195 Å². The van der Waals surface area contributed by atoms with Gasteiger partial charge in [-0.2, -0.15) is 0 Å². The maximum absolute atomic E-state index is 12.9. The van der Waals surface area contributed by atoms with Crippen molar-refractivity contribution in [3.05, 3.63) is 56.4 Å². The minimum absolute atomic E-state index is 0.0331. The molecule has 5 rings (SSSR count). The molecular weight excluding hydrogens is 442 g/mol. The number of aromatic amines is 1. The van der Waals surface area contributed by atoms with Gasteiger partial charge in [-0.3, -0.25) is 9.59 Å². The zero-order valence-electron chi connectivity index (χ0n) is 18.2. The van der Waals surface area contributed by atoms with Crippen LogP contribution in [0.25, 0.3) is 10.2 Å². The van der Waals surface area contributed by atoms with Crippen molar-refractivity contribution in [3.8, 4) is 5.75 Å². The van der Waals surface area contributed by atoms with Crippen LogP contribution in [0.15, 0.2) is 29.1 Å². The van der Waals surface area contributed by atoms with E-state index in [2.05, 4.69) is 16.0 Å². The van der Waals surface area contributed by atoms with Crippen LogP contribution in [0.5, 0.6) is 5.75 Å². The Bertz CT molecular complexity index is 1200. The number of nitrogens with one attached hydrogen (secondary N) is 1. The Morgan fingerprint density at radius 2 is 2.25 bits per heavy atom. The molecule has 3 heterocycles. The van der Waals surface area contributed by atoms with Gasteiger partial charge in [-0.25, -0.2) is 4.98 Å². The second-order valence-electron chi connectivity index (χ2n) is 8.48. The van der Waals surface area contributed by atoms with Crippen LogP contribution in [0, 0.1) is 0 Å². The van der Waals surface area contributed by atoms with Crippen molar-refractivity contribution in [2.24, 2.45) is 0 Å². The van der Waals surface area contributed by atoms with Gasteiger partial charge < -0.3 is 14.6 Å². The Hall–Kier alpha value is -2.32. The molecular formula is C24H27N3O3S2. The van der Waals surface area contributed by atoms with E-state index in [-0.39, 0.29) is 17.5 Å². The maximum atomic E-state index is 12.9. The lowest BCUT2D eigenvalue weighted by molar-refractivity contribution is -0.129. The lowest BCUT2D eigenvalue weighted by Crippen LogP contribution is -2.38. The van der Waals surface area contributed by atoms with Gasteiger partial charge in [0.1, 0.15) is 16.4 Å². The lowest BCUT2D eigenvalue weighted by atomic mass is 10.0. The molecule has 0 radical (unpaired) electrons. The van der Waals surface area contributed by atoms with Gasteiger partial charge >= 0.3 is 0 Å². The summed E-state index contributed by atoms with van der Waals surface area (Å²) < 4.78 is 5.33. The van der Waals surface area contributed by atoms with Crippen LogP contribution in [-0.4, -0.2) is 46.2 Å². The summed E-state index contributed by atoms with van der Waals surface area (Å²) in [5, 5.41) is 0.782. The van der Waals surface area contributed by atoms with Crippen LogP contribution in [0.4, 0.5) is 0 Å². The second-order valence-corrected chi connectivity index (χ2v) is 10.6. The molecule has 32 heavy (non-hydrogen) atoms. The van der Waals surface area contributed by atoms with Gasteiger partial charge in [0, 0.05) is 17.5 Å². The summed E-state index contributed by atoms with van der Waals surface area (Å²) in [7, 11) is 1.67. The minimum atomic E-state index is -0.0331. The number of thiophene rings is 1. The number of fused-ring (bicyclic) bond motifs is 3. The first-order valence-corrected chi connectivity index (χ1v) is 13.1. The van der Waals surface area contributed by atoms with Crippen molar-refractivity contribution in [3.63, 3.8) is 0 Å². The molecule has 1 aliphatic carbocycles. The fraction of sp³-hybridized carbons (Fsp3) is 0.458. The van der Waals surface area contributed by atoms with E-state index in [9.17, 15) is 9.59 Å². The number of amides is 1. The summed E-state index contributed by atoms with van der Waals surface area (Å²) in [6, 6.07) is 8.32. The number of thioether (sulfide) groups is 1. The molecule has 0 saturated carbocycles. The van der Waals surface area contributed by atoms with E-state index in [1.165, 1.54) is 27.8 Å². The van der Waals surface area contributed by atoms with E-state index in [0.717, 1.165) is 61.0 Å². The first-order valence-electron chi connectivity index (χ1n) is 11.2. The van der Waals surface area contributed by atoms with Crippen molar-refractivity contribution in [2.45, 2.75) is 50.3 Å². The zero-order valence-corrected chi connectivity index (χ0v) is 19.8. The average molecular weight is 470 g/mol. The Morgan fingerprint density at radius 1 is 1.34 bits per heavy atom. The lowest BCUT2D eigenvalue weighted by Gasteiger charge is -2.25. The fourth-order valence-corrected chi connectivity index (χ4v) is 6.93. The number of carbonyl (C=O) groups excluding carboxylic acids is 1. The summed E-state index contributed by atoms with van der Waals surface area (Å²) in [6.07, 6.45) is 6.09. The predicted octanol–water partition coefficient (Wildman–Crippen LogP) is 3.95. The quantitative estimate of drug-likeness (QED) is 0.567. The molecule has 2 aromatic heterocycles. The Morgan fingerprint density at radius 3 is 3.12 bits per heavy atom. The number of benzene rings is 1. The second kappa shape index (κ2) is 9.27. The molecule has 1 amide bonds. The molecule has 1 aromatic carbocycles. The van der Waals surface area contributed by atoms with Crippen molar-refractivity contribution in [1.82, 2.24) is 14.9 Å². The third kappa shape index (κ3) is 4.30. The first kappa shape index (κ1) is 21.5. The highest BCUT2D eigenvalue weighted by molar-refractivity contribution is 7.99. The zero-order chi connectivity index (χ0) is 22.1. The maximum Gasteiger partial charge on any atom is 0.259 e. The smallest absolute Gasteiger partial charge is 0.259 e. The number of aryl methyl sites for hydroxylation is 2. The van der Waals surface area contributed by atoms with E-state index in [1.54, 1.807) is 18.4 Å². The summed E-state index contributed by atoms with van der Waals surface area (Å²) in [5.41, 5.74) is 2.36. The summed E-state index contributed by atoms with van der Waals surface area (Å²) in [6.45, 7) is 0.815. The number of hydrogen-bond acceptors (Lipinski definition) is 6. The summed E-state index contributed by atoms with van der Waals surface area (Å²) in [5.74, 6) is 2.61. The van der Waals surface area contributed by atoms with Crippen LogP contribution >= 0.6 is 23.1 Å². The number of rotatable bonds is 7. The molecule has 1 saturated heterocycles. The summed E-state index contributed by atoms with van der Waals surface area (Å²) >= 11 is 3.18. The van der Waals surface area contributed by atoms with Crippen LogP contribution in [-0.2, 0) is 29.8 Å². The van der Waals surface area contributed by atoms with E-state index in [1.807, 2.05) is 23.1 Å². The highest BCUT2D eigenvalue weighted by atomic mass is 32.2. The number of ether oxygens (including phenoxy) is 1. The van der Waals surface area contributed by atoms with Crippen LogP contribution in [0.2, 0.25) is 0 Å². The number of aromatic nitrogens is 2. The van der Waals surface area contributed by atoms with Gasteiger partial charge in [0.15, 0.2) is 0 Å². The molecule has 0 spiro atoms. The van der Waals surface area contributed by atoms with E-state index in [0.29, 0.717) is 17.3 Å². The van der Waals surface area contributed by atoms with Crippen molar-refractivity contribution in [1.29, 1.82) is 0 Å². The van der Waals surface area contributed by atoms with E-state index >= 15 is 0 Å². The Kier molecular flexibility index (Phi) is 6.24. The summed E-state index contributed by atoms with van der Waals surface area (Å²) in [4.78, 5) is 37.3. The fourth-order valence-electron chi connectivity index (χ4n) is 4.88. The van der Waals surface area contributed by atoms with Gasteiger partial charge in [0.25, 0.3) is 5.56 Å². The molecule has 1 unspecified atom stereocenters. The number of H-pyrrole nitrogens is 1. The van der Waals surface area contributed by atoms with Gasteiger partial charge in [-0.15, -0.1) is 23.1 Å². The third-order valence-corrected chi connectivity index (χ3v) is 8.51. The normalized spacial score (nSPS) is 17.8. The third-order valence-electron chi connectivity index (χ3n) is 6.39. The largest absolute Gasteiger partial charge is 0.497 e. The first-order chi connectivity index (χ1) is 15.6. The molecule has 2 aliphatic rings. The standard InChI is InChI=1S/C24H27N3O3S2/c1-30-17-7-2-5-15(12-17)11-16-6-4-10-27(16)21(28)14-31-13-20-25-23(29)22-18-8-3-9-19(18)32-24(22)26-20/h2,5,7,12,16H,3-4,6,8-11,13-14H2,1H3,(H,25,26,29). The van der Waals surface area contributed by atoms with E-state index in [4.69, 9.17) is 4.74 Å². The van der Waals surface area contributed by atoms with Gasteiger partial charge in [-0.05, 0) is 61.8 Å². The van der Waals surface area contributed by atoms with Crippen molar-refractivity contribution >= 4 is 39.2 Å². The minimum Gasteiger partial charge on any atom is -0.497 e. The topological polar surface area (TPSA) is 75.3 Å². The number of likely N-dealkylation sites (tertiary alicyclic amines) is 1. The van der Waals surface area contributed by atoms with Crippen molar-refractivity contribution in [2.75, 3.05) is 19.4 Å². The SMILES string of the molecule is COc1cccc(CC2CCCN2C(=O)CSCc2nc3sc4c(c3c(=O)[nH]2)CCC4)c1. The van der Waals surface area contributed by atoms with Crippen molar-refractivity contribution < 1.29 is 9.53 Å². The number of nitrogens with zero attached hydrogens (tertiary/aromatic N) is 2. The molecule has 168 valence electrons. The number of carbonyl (C=O) groups is 1. The molecule has 1 aliphatic heterocycles. The molecule has 1 N–H and O–H groups in total. The molecule has 0 bridgehead atoms. The monoisotopic (exact) mass is 469 g/mol. The predicted molar refractivity (Wildman–Crippen MR) is 130 cm³/mol. The number of methoxy groups -OCH3 is 1. The molecule has 6 nitrogen and oxygen atoms in total.